The molecule has 0 atom stereocenters. The van der Waals surface area contributed by atoms with Gasteiger partial charge in [-0.15, -0.1) is 0 Å². The lowest BCUT2D eigenvalue weighted by Crippen LogP contribution is -2.28. The van der Waals surface area contributed by atoms with Crippen molar-refractivity contribution in [2.45, 2.75) is 38.3 Å². The highest BCUT2D eigenvalue weighted by atomic mass is 16.4. The van der Waals surface area contributed by atoms with Crippen LogP contribution in [0.1, 0.15) is 31.4 Å². The van der Waals surface area contributed by atoms with Crippen LogP contribution in [0, 0.1) is 0 Å². The van der Waals surface area contributed by atoms with Gasteiger partial charge in [0.15, 0.2) is 5.88 Å². The lowest BCUT2D eigenvalue weighted by atomic mass is 10.2. The Hall–Kier alpha value is -0.960. The van der Waals surface area contributed by atoms with E-state index in [2.05, 4.69) is 11.9 Å². The Morgan fingerprint density at radius 3 is 2.71 bits per heavy atom. The molecule has 1 aliphatic rings. The summed E-state index contributed by atoms with van der Waals surface area (Å²) in [7, 11) is 2.11. The molecule has 1 aromatic rings. The predicted molar refractivity (Wildman–Crippen MR) is 57.3 cm³/mol. The molecule has 0 radical (unpaired) electrons. The summed E-state index contributed by atoms with van der Waals surface area (Å²) in [6.07, 6.45) is 5.27. The number of hydrogen-bond donors (Lipinski definition) is 1. The van der Waals surface area contributed by atoms with Gasteiger partial charge in [-0.1, -0.05) is 12.8 Å². The molecule has 0 saturated heterocycles. The maximum atomic E-state index is 5.61. The predicted octanol–water partition coefficient (Wildman–Crippen LogP) is 2.12. The van der Waals surface area contributed by atoms with E-state index in [1.165, 1.54) is 25.7 Å². The van der Waals surface area contributed by atoms with Gasteiger partial charge in [0.25, 0.3) is 0 Å². The largest absolute Gasteiger partial charge is 0.444 e. The Balaban J connectivity index is 2.05. The molecule has 0 aliphatic heterocycles. The zero-order valence-corrected chi connectivity index (χ0v) is 8.70. The molecule has 2 N–H and O–H groups in total. The maximum Gasteiger partial charge on any atom is 0.195 e. The lowest BCUT2D eigenvalue weighted by Gasteiger charge is -2.23. The topological polar surface area (TPSA) is 42.4 Å². The van der Waals surface area contributed by atoms with E-state index >= 15 is 0 Å². The summed E-state index contributed by atoms with van der Waals surface area (Å²) in [5.41, 5.74) is 5.50. The van der Waals surface area contributed by atoms with Crippen molar-refractivity contribution in [2.75, 3.05) is 11.9 Å². The van der Waals surface area contributed by atoms with Gasteiger partial charge in [0.1, 0.15) is 5.76 Å². The fourth-order valence-electron chi connectivity index (χ4n) is 2.14. The zero-order chi connectivity index (χ0) is 9.97. The van der Waals surface area contributed by atoms with Crippen molar-refractivity contribution in [3.63, 3.8) is 0 Å². The zero-order valence-electron chi connectivity index (χ0n) is 8.70. The highest BCUT2D eigenvalue weighted by Crippen LogP contribution is 2.27. The molecule has 2 rings (SSSR count). The second-order valence-electron chi connectivity index (χ2n) is 3.99. The minimum absolute atomic E-state index is 0.485. The Kier molecular flexibility index (Phi) is 2.77. The highest BCUT2D eigenvalue weighted by Gasteiger charge is 2.21. The standard InChI is InChI=1S/C11H18N2O/c1-13(9-4-2-3-5-9)11-7-6-10(8-12)14-11/h6-7,9H,2-5,8,12H2,1H3. The van der Waals surface area contributed by atoms with E-state index in [0.717, 1.165) is 11.6 Å². The summed E-state index contributed by atoms with van der Waals surface area (Å²) in [5.74, 6) is 1.82. The SMILES string of the molecule is CN(c1ccc(CN)o1)C1CCCC1. The van der Waals surface area contributed by atoms with Crippen LogP contribution in [0.5, 0.6) is 0 Å². The van der Waals surface area contributed by atoms with Crippen molar-refractivity contribution in [3.8, 4) is 0 Å². The van der Waals surface area contributed by atoms with E-state index in [4.69, 9.17) is 10.2 Å². The summed E-state index contributed by atoms with van der Waals surface area (Å²) in [6.45, 7) is 0.485. The third-order valence-corrected chi connectivity index (χ3v) is 3.07. The fourth-order valence-corrected chi connectivity index (χ4v) is 2.14. The molecule has 1 fully saturated rings. The molecule has 1 aliphatic carbocycles. The van der Waals surface area contributed by atoms with E-state index < -0.39 is 0 Å². The van der Waals surface area contributed by atoms with E-state index in [-0.39, 0.29) is 0 Å². The number of nitrogens with zero attached hydrogens (tertiary/aromatic N) is 1. The molecule has 0 amide bonds. The van der Waals surface area contributed by atoms with Crippen molar-refractivity contribution in [1.82, 2.24) is 0 Å². The second-order valence-corrected chi connectivity index (χ2v) is 3.99. The Bertz CT molecular complexity index is 289. The van der Waals surface area contributed by atoms with E-state index in [1.54, 1.807) is 0 Å². The third kappa shape index (κ3) is 1.77. The average Bonchev–Trinajstić information content (AvgIpc) is 2.88. The lowest BCUT2D eigenvalue weighted by molar-refractivity contribution is 0.486. The molecule has 0 bridgehead atoms. The monoisotopic (exact) mass is 194 g/mol. The summed E-state index contributed by atoms with van der Waals surface area (Å²) in [4.78, 5) is 2.24. The van der Waals surface area contributed by atoms with Gasteiger partial charge in [-0.3, -0.25) is 0 Å². The van der Waals surface area contributed by atoms with Crippen LogP contribution in [0.2, 0.25) is 0 Å². The molecule has 0 spiro atoms. The molecule has 3 nitrogen and oxygen atoms in total. The van der Waals surface area contributed by atoms with Gasteiger partial charge in [0.2, 0.25) is 0 Å². The first kappa shape index (κ1) is 9.59. The van der Waals surface area contributed by atoms with E-state index in [9.17, 15) is 0 Å². The summed E-state index contributed by atoms with van der Waals surface area (Å²) in [5, 5.41) is 0. The van der Waals surface area contributed by atoms with Crippen LogP contribution in [-0.2, 0) is 6.54 Å². The number of nitrogens with two attached hydrogens (primary N) is 1. The van der Waals surface area contributed by atoms with Crippen LogP contribution >= 0.6 is 0 Å². The first-order valence-corrected chi connectivity index (χ1v) is 5.33. The quantitative estimate of drug-likeness (QED) is 0.801. The Morgan fingerprint density at radius 2 is 2.14 bits per heavy atom. The smallest absolute Gasteiger partial charge is 0.195 e. The van der Waals surface area contributed by atoms with Gasteiger partial charge in [-0.05, 0) is 18.9 Å². The summed E-state index contributed by atoms with van der Waals surface area (Å²) < 4.78 is 5.61. The average molecular weight is 194 g/mol. The van der Waals surface area contributed by atoms with Crippen LogP contribution in [-0.4, -0.2) is 13.1 Å². The van der Waals surface area contributed by atoms with Gasteiger partial charge in [0, 0.05) is 19.2 Å². The van der Waals surface area contributed by atoms with Crippen molar-refractivity contribution < 1.29 is 4.42 Å². The van der Waals surface area contributed by atoms with Crippen molar-refractivity contribution in [2.24, 2.45) is 5.73 Å². The first-order valence-electron chi connectivity index (χ1n) is 5.33. The second kappa shape index (κ2) is 4.05. The molecular formula is C11H18N2O. The van der Waals surface area contributed by atoms with Crippen LogP contribution in [0.4, 0.5) is 5.88 Å². The molecule has 14 heavy (non-hydrogen) atoms. The van der Waals surface area contributed by atoms with Gasteiger partial charge in [-0.2, -0.15) is 0 Å². The van der Waals surface area contributed by atoms with Crippen LogP contribution in [0.25, 0.3) is 0 Å². The van der Waals surface area contributed by atoms with Crippen molar-refractivity contribution in [1.29, 1.82) is 0 Å². The molecule has 78 valence electrons. The fraction of sp³-hybridized carbons (Fsp3) is 0.636. The van der Waals surface area contributed by atoms with Crippen LogP contribution in [0.15, 0.2) is 16.5 Å². The van der Waals surface area contributed by atoms with E-state index in [1.807, 2.05) is 12.1 Å². The van der Waals surface area contributed by atoms with Crippen molar-refractivity contribution in [3.05, 3.63) is 17.9 Å². The molecule has 0 aromatic carbocycles. The molecule has 0 unspecified atom stereocenters. The van der Waals surface area contributed by atoms with Crippen LogP contribution < -0.4 is 10.6 Å². The Morgan fingerprint density at radius 1 is 1.43 bits per heavy atom. The number of furan rings is 1. The number of anilines is 1. The highest BCUT2D eigenvalue weighted by molar-refractivity contribution is 5.37. The molecule has 1 saturated carbocycles. The summed E-state index contributed by atoms with van der Waals surface area (Å²) >= 11 is 0. The van der Waals surface area contributed by atoms with Gasteiger partial charge >= 0.3 is 0 Å². The number of rotatable bonds is 3. The number of hydrogen-bond acceptors (Lipinski definition) is 3. The van der Waals surface area contributed by atoms with Crippen molar-refractivity contribution >= 4 is 5.88 Å². The minimum Gasteiger partial charge on any atom is -0.444 e. The molecule has 1 aromatic heterocycles. The normalized spacial score (nSPS) is 17.6. The van der Waals surface area contributed by atoms with Gasteiger partial charge in [-0.25, -0.2) is 0 Å². The molecule has 1 heterocycles. The summed E-state index contributed by atoms with van der Waals surface area (Å²) in [6, 6.07) is 4.63. The molecule has 3 heteroatoms. The van der Waals surface area contributed by atoms with E-state index in [0.29, 0.717) is 12.6 Å². The van der Waals surface area contributed by atoms with Crippen LogP contribution in [0.3, 0.4) is 0 Å². The van der Waals surface area contributed by atoms with Gasteiger partial charge in [0.05, 0.1) is 6.54 Å². The first-order chi connectivity index (χ1) is 6.81. The maximum absolute atomic E-state index is 5.61. The third-order valence-electron chi connectivity index (χ3n) is 3.07. The Labute approximate surface area is 84.9 Å². The minimum atomic E-state index is 0.485. The van der Waals surface area contributed by atoms with Gasteiger partial charge < -0.3 is 15.1 Å². The molecular weight excluding hydrogens is 176 g/mol.